The first-order chi connectivity index (χ1) is 14.4. The Morgan fingerprint density at radius 3 is 2.40 bits per heavy atom. The van der Waals surface area contributed by atoms with Gasteiger partial charge in [-0.15, -0.1) is 0 Å². The number of ether oxygens (including phenoxy) is 1. The van der Waals surface area contributed by atoms with E-state index in [1.165, 1.54) is 0 Å². The van der Waals surface area contributed by atoms with Gasteiger partial charge in [-0.25, -0.2) is 10.2 Å². The molecule has 30 heavy (non-hydrogen) atoms. The van der Waals surface area contributed by atoms with Gasteiger partial charge in [-0.1, -0.05) is 30.3 Å². The molecule has 0 aliphatic rings. The SMILES string of the molecule is CCOC(=O)c1ccccc1-n1c(C)cc(/C=N/NC(=O)c2ccccc2C)c1C. The third-order valence-electron chi connectivity index (χ3n) is 4.87. The second-order valence-corrected chi connectivity index (χ2v) is 6.91. The smallest absolute Gasteiger partial charge is 0.340 e. The van der Waals surface area contributed by atoms with E-state index in [9.17, 15) is 9.59 Å². The maximum atomic E-state index is 12.4. The Labute approximate surface area is 176 Å². The molecule has 6 nitrogen and oxygen atoms in total. The second kappa shape index (κ2) is 9.22. The molecule has 2 aromatic carbocycles. The molecule has 0 radical (unpaired) electrons. The summed E-state index contributed by atoms with van der Waals surface area (Å²) in [5, 5.41) is 4.13. The summed E-state index contributed by atoms with van der Waals surface area (Å²) in [6, 6.07) is 16.6. The van der Waals surface area contributed by atoms with Gasteiger partial charge in [-0.05, 0) is 57.5 Å². The molecule has 154 valence electrons. The van der Waals surface area contributed by atoms with E-state index in [2.05, 4.69) is 10.5 Å². The van der Waals surface area contributed by atoms with Crippen LogP contribution in [0.15, 0.2) is 59.7 Å². The Balaban J connectivity index is 1.87. The van der Waals surface area contributed by atoms with Crippen LogP contribution in [0.4, 0.5) is 0 Å². The topological polar surface area (TPSA) is 72.7 Å². The van der Waals surface area contributed by atoms with Crippen LogP contribution in [0, 0.1) is 20.8 Å². The quantitative estimate of drug-likeness (QED) is 0.378. The Morgan fingerprint density at radius 1 is 1.03 bits per heavy atom. The first-order valence-corrected chi connectivity index (χ1v) is 9.78. The minimum Gasteiger partial charge on any atom is -0.462 e. The summed E-state index contributed by atoms with van der Waals surface area (Å²) in [5.74, 6) is -0.618. The highest BCUT2D eigenvalue weighted by atomic mass is 16.5. The Morgan fingerprint density at radius 2 is 1.70 bits per heavy atom. The Kier molecular flexibility index (Phi) is 6.47. The first kappa shape index (κ1) is 21.0. The van der Waals surface area contributed by atoms with Crippen LogP contribution in [0.25, 0.3) is 5.69 Å². The fraction of sp³-hybridized carbons (Fsp3) is 0.208. The molecule has 0 atom stereocenters. The van der Waals surface area contributed by atoms with Crippen molar-refractivity contribution in [1.82, 2.24) is 9.99 Å². The van der Waals surface area contributed by atoms with Crippen molar-refractivity contribution in [3.05, 3.63) is 88.2 Å². The van der Waals surface area contributed by atoms with Crippen molar-refractivity contribution in [3.63, 3.8) is 0 Å². The van der Waals surface area contributed by atoms with Crippen molar-refractivity contribution in [2.24, 2.45) is 5.10 Å². The number of aryl methyl sites for hydroxylation is 2. The van der Waals surface area contributed by atoms with Gasteiger partial charge in [-0.3, -0.25) is 4.79 Å². The van der Waals surface area contributed by atoms with Crippen LogP contribution in [0.1, 0.15) is 50.2 Å². The number of nitrogens with zero attached hydrogens (tertiary/aromatic N) is 2. The van der Waals surface area contributed by atoms with E-state index < -0.39 is 0 Å². The third kappa shape index (κ3) is 4.33. The van der Waals surface area contributed by atoms with Gasteiger partial charge in [-0.2, -0.15) is 5.10 Å². The number of hydrogen-bond acceptors (Lipinski definition) is 4. The van der Waals surface area contributed by atoms with Gasteiger partial charge in [0, 0.05) is 22.5 Å². The number of hydrogen-bond donors (Lipinski definition) is 1. The van der Waals surface area contributed by atoms with Crippen molar-refractivity contribution < 1.29 is 14.3 Å². The maximum Gasteiger partial charge on any atom is 0.340 e. The number of carbonyl (C=O) groups excluding carboxylic acids is 2. The summed E-state index contributed by atoms with van der Waals surface area (Å²) < 4.78 is 7.18. The van der Waals surface area contributed by atoms with Gasteiger partial charge in [0.2, 0.25) is 0 Å². The van der Waals surface area contributed by atoms with Crippen LogP contribution in [-0.2, 0) is 4.74 Å². The van der Waals surface area contributed by atoms with E-state index in [4.69, 9.17) is 4.74 Å². The van der Waals surface area contributed by atoms with E-state index in [0.29, 0.717) is 17.7 Å². The largest absolute Gasteiger partial charge is 0.462 e. The second-order valence-electron chi connectivity index (χ2n) is 6.91. The third-order valence-corrected chi connectivity index (χ3v) is 4.87. The van der Waals surface area contributed by atoms with E-state index in [1.807, 2.05) is 67.8 Å². The summed E-state index contributed by atoms with van der Waals surface area (Å²) >= 11 is 0. The molecule has 6 heteroatoms. The minimum atomic E-state index is -0.360. The van der Waals surface area contributed by atoms with Crippen LogP contribution in [0.5, 0.6) is 0 Å². The van der Waals surface area contributed by atoms with E-state index in [1.54, 1.807) is 25.3 Å². The Hall–Kier alpha value is -3.67. The fourth-order valence-corrected chi connectivity index (χ4v) is 3.39. The van der Waals surface area contributed by atoms with Crippen molar-refractivity contribution >= 4 is 18.1 Å². The number of amides is 1. The normalized spacial score (nSPS) is 10.9. The molecule has 0 saturated heterocycles. The lowest BCUT2D eigenvalue weighted by Gasteiger charge is -2.14. The lowest BCUT2D eigenvalue weighted by Crippen LogP contribution is -2.18. The number of nitrogens with one attached hydrogen (secondary N) is 1. The molecule has 0 aliphatic carbocycles. The zero-order valence-electron chi connectivity index (χ0n) is 17.6. The van der Waals surface area contributed by atoms with E-state index in [-0.39, 0.29) is 11.9 Å². The highest BCUT2D eigenvalue weighted by Gasteiger charge is 2.17. The van der Waals surface area contributed by atoms with Crippen LogP contribution < -0.4 is 5.43 Å². The standard InChI is InChI=1S/C24H25N3O3/c1-5-30-24(29)21-12-8-9-13-22(21)27-17(3)14-19(18(27)4)15-25-26-23(28)20-11-7-6-10-16(20)2/h6-15H,5H2,1-4H3,(H,26,28)/b25-15+. The number of carbonyl (C=O) groups is 2. The minimum absolute atomic E-state index is 0.259. The fourth-order valence-electron chi connectivity index (χ4n) is 3.39. The number of benzene rings is 2. The van der Waals surface area contributed by atoms with E-state index in [0.717, 1.165) is 28.2 Å². The molecule has 0 fully saturated rings. The summed E-state index contributed by atoms with van der Waals surface area (Å²) in [5.41, 5.74) is 7.98. The molecule has 1 N–H and O–H groups in total. The van der Waals surface area contributed by atoms with Crippen molar-refractivity contribution in [3.8, 4) is 5.69 Å². The highest BCUT2D eigenvalue weighted by Crippen LogP contribution is 2.23. The number of aromatic nitrogens is 1. The average Bonchev–Trinajstić information content (AvgIpc) is 3.01. The van der Waals surface area contributed by atoms with Gasteiger partial charge < -0.3 is 9.30 Å². The Bertz CT molecular complexity index is 1110. The molecular weight excluding hydrogens is 378 g/mol. The van der Waals surface area contributed by atoms with Crippen LogP contribution >= 0.6 is 0 Å². The monoisotopic (exact) mass is 403 g/mol. The maximum absolute atomic E-state index is 12.4. The predicted molar refractivity (Wildman–Crippen MR) is 117 cm³/mol. The van der Waals surface area contributed by atoms with Crippen LogP contribution in [0.3, 0.4) is 0 Å². The number of hydrazone groups is 1. The summed E-state index contributed by atoms with van der Waals surface area (Å²) in [6.45, 7) is 7.88. The van der Waals surface area contributed by atoms with Gasteiger partial charge >= 0.3 is 5.97 Å². The van der Waals surface area contributed by atoms with Gasteiger partial charge in [0.1, 0.15) is 0 Å². The highest BCUT2D eigenvalue weighted by molar-refractivity contribution is 5.96. The zero-order chi connectivity index (χ0) is 21.7. The summed E-state index contributed by atoms with van der Waals surface area (Å²) in [4.78, 5) is 24.7. The molecule has 1 aromatic heterocycles. The van der Waals surface area contributed by atoms with Crippen molar-refractivity contribution in [2.75, 3.05) is 6.61 Å². The number of para-hydroxylation sites is 1. The predicted octanol–water partition coefficient (Wildman–Crippen LogP) is 4.34. The number of rotatable bonds is 6. The molecule has 3 aromatic rings. The van der Waals surface area contributed by atoms with Gasteiger partial charge in [0.15, 0.2) is 0 Å². The number of esters is 1. The molecule has 3 rings (SSSR count). The van der Waals surface area contributed by atoms with Crippen LogP contribution in [-0.4, -0.2) is 29.3 Å². The lowest BCUT2D eigenvalue weighted by atomic mass is 10.1. The van der Waals surface area contributed by atoms with Crippen molar-refractivity contribution in [1.29, 1.82) is 0 Å². The summed E-state index contributed by atoms with van der Waals surface area (Å²) in [7, 11) is 0. The molecule has 0 aliphatic heterocycles. The summed E-state index contributed by atoms with van der Waals surface area (Å²) in [6.07, 6.45) is 1.61. The molecule has 1 heterocycles. The van der Waals surface area contributed by atoms with Gasteiger partial charge in [0.25, 0.3) is 5.91 Å². The van der Waals surface area contributed by atoms with Gasteiger partial charge in [0.05, 0.1) is 24.1 Å². The average molecular weight is 403 g/mol. The molecule has 0 saturated carbocycles. The lowest BCUT2D eigenvalue weighted by molar-refractivity contribution is 0.0526. The molecule has 0 bridgehead atoms. The van der Waals surface area contributed by atoms with Crippen molar-refractivity contribution in [2.45, 2.75) is 27.7 Å². The first-order valence-electron chi connectivity index (χ1n) is 9.78. The molecular formula is C24H25N3O3. The molecule has 0 spiro atoms. The zero-order valence-corrected chi connectivity index (χ0v) is 17.6. The van der Waals surface area contributed by atoms with Crippen LogP contribution in [0.2, 0.25) is 0 Å². The molecule has 0 unspecified atom stereocenters. The van der Waals surface area contributed by atoms with E-state index >= 15 is 0 Å². The molecule has 1 amide bonds.